The van der Waals surface area contributed by atoms with Crippen molar-refractivity contribution in [3.63, 3.8) is 0 Å². The maximum Gasteiger partial charge on any atom is 0.200 e. The number of aromatic nitrogens is 1. The summed E-state index contributed by atoms with van der Waals surface area (Å²) in [5, 5.41) is 7.00. The van der Waals surface area contributed by atoms with Gasteiger partial charge in [0, 0.05) is 24.6 Å². The molecule has 1 fully saturated rings. The summed E-state index contributed by atoms with van der Waals surface area (Å²) in [6, 6.07) is 5.38. The highest BCUT2D eigenvalue weighted by atomic mass is 32.1. The number of aliphatic hydroxyl groups is 1. The molecule has 0 spiro atoms. The van der Waals surface area contributed by atoms with Crippen molar-refractivity contribution >= 4 is 12.6 Å². The standard InChI is InChI=1S/C11H15NO2S.C7H6F2O.CH4O/c1-6-3-4-10(14-6)8-5-9(13)11(15)7(2)12-8;1-10-6-4-2-3-5(8)7(6)9;1-2/h5-6,10,15H,3-4H2,1-2H3,(H,12,13);2-4H,1H3;2H,1H3. The van der Waals surface area contributed by atoms with Crippen molar-refractivity contribution in [2.75, 3.05) is 14.2 Å². The Labute approximate surface area is 162 Å². The molecule has 27 heavy (non-hydrogen) atoms. The van der Waals surface area contributed by atoms with Gasteiger partial charge >= 0.3 is 0 Å². The van der Waals surface area contributed by atoms with Gasteiger partial charge in [0.2, 0.25) is 5.82 Å². The van der Waals surface area contributed by atoms with E-state index in [2.05, 4.69) is 29.3 Å². The molecule has 0 radical (unpaired) electrons. The molecule has 2 N–H and O–H groups in total. The van der Waals surface area contributed by atoms with Crippen LogP contribution >= 0.6 is 12.6 Å². The molecule has 1 saturated heterocycles. The molecule has 2 aromatic rings. The van der Waals surface area contributed by atoms with E-state index in [-0.39, 0.29) is 23.4 Å². The fourth-order valence-corrected chi connectivity index (χ4v) is 2.67. The molecule has 0 saturated carbocycles. The lowest BCUT2D eigenvalue weighted by Gasteiger charge is -2.12. The number of thiol groups is 1. The Kier molecular flexibility index (Phi) is 9.48. The summed E-state index contributed by atoms with van der Waals surface area (Å²) in [6.07, 6.45) is 2.35. The maximum absolute atomic E-state index is 12.5. The maximum atomic E-state index is 12.5. The number of halogens is 2. The van der Waals surface area contributed by atoms with Crippen molar-refractivity contribution in [3.05, 3.63) is 57.5 Å². The second-order valence-corrected chi connectivity index (χ2v) is 6.28. The van der Waals surface area contributed by atoms with Crippen LogP contribution in [-0.2, 0) is 4.74 Å². The van der Waals surface area contributed by atoms with E-state index in [4.69, 9.17) is 9.84 Å². The van der Waals surface area contributed by atoms with Crippen LogP contribution in [0.1, 0.15) is 37.3 Å². The third-order valence-corrected chi connectivity index (χ3v) is 4.48. The van der Waals surface area contributed by atoms with Crippen LogP contribution in [0.3, 0.4) is 0 Å². The summed E-state index contributed by atoms with van der Waals surface area (Å²) in [5.41, 5.74) is 1.65. The summed E-state index contributed by atoms with van der Waals surface area (Å²) in [6.45, 7) is 3.91. The number of aromatic amines is 1. The van der Waals surface area contributed by atoms with Crippen LogP contribution < -0.4 is 10.2 Å². The predicted octanol–water partition coefficient (Wildman–Crippen LogP) is 3.79. The summed E-state index contributed by atoms with van der Waals surface area (Å²) in [7, 11) is 2.29. The van der Waals surface area contributed by atoms with Gasteiger partial charge in [-0.3, -0.25) is 4.79 Å². The number of benzene rings is 1. The number of aryl methyl sites for hydroxylation is 1. The van der Waals surface area contributed by atoms with E-state index in [1.54, 1.807) is 6.07 Å². The zero-order chi connectivity index (χ0) is 20.6. The molecule has 1 aliphatic rings. The molecule has 2 heterocycles. The SMILES string of the molecule is CO.COc1cccc(F)c1F.Cc1[nH]c(C2CCC(C)O2)cc(=O)c1S. The van der Waals surface area contributed by atoms with E-state index in [1.807, 2.05) is 6.92 Å². The Morgan fingerprint density at radius 1 is 1.30 bits per heavy atom. The Morgan fingerprint density at radius 3 is 2.44 bits per heavy atom. The van der Waals surface area contributed by atoms with Crippen molar-refractivity contribution in [1.82, 2.24) is 4.98 Å². The zero-order valence-corrected chi connectivity index (χ0v) is 16.6. The molecule has 2 unspecified atom stereocenters. The topological polar surface area (TPSA) is 71.6 Å². The van der Waals surface area contributed by atoms with Gasteiger partial charge in [0.05, 0.1) is 24.2 Å². The zero-order valence-electron chi connectivity index (χ0n) is 15.8. The largest absolute Gasteiger partial charge is 0.494 e. The van der Waals surface area contributed by atoms with Gasteiger partial charge in [0.1, 0.15) is 0 Å². The number of nitrogens with one attached hydrogen (secondary N) is 1. The summed E-state index contributed by atoms with van der Waals surface area (Å²) < 4.78 is 35.0. The van der Waals surface area contributed by atoms with Gasteiger partial charge in [-0.05, 0) is 38.8 Å². The lowest BCUT2D eigenvalue weighted by molar-refractivity contribution is 0.0528. The van der Waals surface area contributed by atoms with Crippen molar-refractivity contribution in [1.29, 1.82) is 0 Å². The Bertz CT molecular complexity index is 798. The van der Waals surface area contributed by atoms with Gasteiger partial charge in [0.15, 0.2) is 17.0 Å². The van der Waals surface area contributed by atoms with Gasteiger partial charge in [-0.25, -0.2) is 4.39 Å². The minimum Gasteiger partial charge on any atom is -0.494 e. The van der Waals surface area contributed by atoms with Crippen LogP contribution in [0.5, 0.6) is 5.75 Å². The van der Waals surface area contributed by atoms with Crippen LogP contribution in [0.15, 0.2) is 34.0 Å². The Balaban J connectivity index is 0.000000265. The normalized spacial score (nSPS) is 18.1. The molecule has 0 aliphatic carbocycles. The summed E-state index contributed by atoms with van der Waals surface area (Å²) in [5.74, 6) is -1.90. The minimum atomic E-state index is -0.940. The first-order valence-corrected chi connectivity index (χ1v) is 8.79. The van der Waals surface area contributed by atoms with E-state index < -0.39 is 11.6 Å². The summed E-state index contributed by atoms with van der Waals surface area (Å²) in [4.78, 5) is 15.2. The van der Waals surface area contributed by atoms with Crippen LogP contribution in [-0.4, -0.2) is 30.4 Å². The number of pyridine rings is 1. The van der Waals surface area contributed by atoms with Gasteiger partial charge in [-0.15, -0.1) is 12.6 Å². The lowest BCUT2D eigenvalue weighted by atomic mass is 10.1. The molecule has 0 bridgehead atoms. The highest BCUT2D eigenvalue weighted by Gasteiger charge is 2.24. The molecular formula is C19H25F2NO4S. The number of hydrogen-bond acceptors (Lipinski definition) is 5. The summed E-state index contributed by atoms with van der Waals surface area (Å²) >= 11 is 4.13. The molecule has 3 rings (SSSR count). The monoisotopic (exact) mass is 401 g/mol. The average Bonchev–Trinajstić information content (AvgIpc) is 3.10. The third kappa shape index (κ3) is 6.34. The first-order valence-electron chi connectivity index (χ1n) is 8.34. The van der Waals surface area contributed by atoms with Crippen LogP contribution in [0.2, 0.25) is 0 Å². The van der Waals surface area contributed by atoms with E-state index in [0.29, 0.717) is 4.90 Å². The number of hydrogen-bond donors (Lipinski definition) is 3. The number of H-pyrrole nitrogens is 1. The van der Waals surface area contributed by atoms with Crippen LogP contribution in [0.25, 0.3) is 0 Å². The van der Waals surface area contributed by atoms with E-state index in [9.17, 15) is 13.6 Å². The number of aliphatic hydroxyl groups excluding tert-OH is 1. The smallest absolute Gasteiger partial charge is 0.200 e. The average molecular weight is 401 g/mol. The second kappa shape index (κ2) is 11.1. The van der Waals surface area contributed by atoms with E-state index in [0.717, 1.165) is 37.4 Å². The Morgan fingerprint density at radius 2 is 1.96 bits per heavy atom. The molecule has 1 aliphatic heterocycles. The van der Waals surface area contributed by atoms with Crippen molar-refractivity contribution in [2.45, 2.75) is 43.8 Å². The predicted molar refractivity (Wildman–Crippen MR) is 103 cm³/mol. The van der Waals surface area contributed by atoms with Crippen LogP contribution in [0, 0.1) is 18.6 Å². The van der Waals surface area contributed by atoms with Gasteiger partial charge < -0.3 is 19.6 Å². The van der Waals surface area contributed by atoms with E-state index >= 15 is 0 Å². The van der Waals surface area contributed by atoms with Crippen molar-refractivity contribution < 1.29 is 23.4 Å². The molecule has 0 amide bonds. The second-order valence-electron chi connectivity index (χ2n) is 5.83. The highest BCUT2D eigenvalue weighted by Crippen LogP contribution is 2.31. The first-order chi connectivity index (χ1) is 12.8. The van der Waals surface area contributed by atoms with Crippen molar-refractivity contribution in [3.8, 4) is 5.75 Å². The fraction of sp³-hybridized carbons (Fsp3) is 0.421. The lowest BCUT2D eigenvalue weighted by Crippen LogP contribution is -2.11. The van der Waals surface area contributed by atoms with Crippen LogP contribution in [0.4, 0.5) is 8.78 Å². The van der Waals surface area contributed by atoms with Crippen molar-refractivity contribution in [2.24, 2.45) is 0 Å². The molecule has 8 heteroatoms. The molecule has 5 nitrogen and oxygen atoms in total. The molecule has 2 atom stereocenters. The number of methoxy groups -OCH3 is 1. The molecule has 1 aromatic heterocycles. The van der Waals surface area contributed by atoms with E-state index in [1.165, 1.54) is 19.2 Å². The Hall–Kier alpha value is -1.90. The van der Waals surface area contributed by atoms with Gasteiger partial charge in [0.25, 0.3) is 0 Å². The molecule has 1 aromatic carbocycles. The molecule has 150 valence electrons. The van der Waals surface area contributed by atoms with Gasteiger partial charge in [-0.2, -0.15) is 4.39 Å². The fourth-order valence-electron chi connectivity index (χ4n) is 2.55. The van der Waals surface area contributed by atoms with Gasteiger partial charge in [-0.1, -0.05) is 6.07 Å². The quantitative estimate of drug-likeness (QED) is 0.670. The third-order valence-electron chi connectivity index (χ3n) is 3.92. The highest BCUT2D eigenvalue weighted by molar-refractivity contribution is 7.80. The minimum absolute atomic E-state index is 0.0345. The number of rotatable bonds is 2. The first kappa shape index (κ1) is 23.1. The molecular weight excluding hydrogens is 376 g/mol. The number of ether oxygens (including phenoxy) is 2.